The van der Waals surface area contributed by atoms with Gasteiger partial charge in [0.2, 0.25) is 0 Å². The van der Waals surface area contributed by atoms with Crippen LogP contribution >= 0.6 is 0 Å². The van der Waals surface area contributed by atoms with Gasteiger partial charge in [0.25, 0.3) is 5.91 Å². The van der Waals surface area contributed by atoms with Crippen molar-refractivity contribution in [2.45, 2.75) is 25.3 Å². The fourth-order valence-electron chi connectivity index (χ4n) is 3.19. The smallest absolute Gasteiger partial charge is 0.322 e. The Labute approximate surface area is 135 Å². The van der Waals surface area contributed by atoms with Crippen LogP contribution < -0.4 is 10.2 Å². The van der Waals surface area contributed by atoms with Crippen LogP contribution in [0.3, 0.4) is 0 Å². The lowest BCUT2D eigenvalue weighted by atomic mass is 10.1. The zero-order valence-corrected chi connectivity index (χ0v) is 13.1. The number of piperazine rings is 1. The first kappa shape index (κ1) is 15.7. The van der Waals surface area contributed by atoms with Gasteiger partial charge in [0.15, 0.2) is 0 Å². The van der Waals surface area contributed by atoms with Gasteiger partial charge in [0, 0.05) is 38.9 Å². The summed E-state index contributed by atoms with van der Waals surface area (Å²) in [7, 11) is 0. The maximum Gasteiger partial charge on any atom is 0.322 e. The minimum Gasteiger partial charge on any atom is -0.480 e. The van der Waals surface area contributed by atoms with Gasteiger partial charge < -0.3 is 20.2 Å². The Morgan fingerprint density at radius 2 is 2.00 bits per heavy atom. The standard InChI is InChI=1S/C16H22N4O3/c21-15(19-8-2-1-3-9-19)12-5-4-6-18-14(12)20-10-7-17-13(11-20)16(22)23/h4-6,13,17H,1-3,7-11H2,(H,22,23). The first-order valence-corrected chi connectivity index (χ1v) is 8.12. The zero-order chi connectivity index (χ0) is 16.2. The number of nitrogens with one attached hydrogen (secondary N) is 1. The summed E-state index contributed by atoms with van der Waals surface area (Å²) in [5.74, 6) is -0.288. The molecule has 2 aliphatic rings. The summed E-state index contributed by atoms with van der Waals surface area (Å²) in [5.41, 5.74) is 0.570. The topological polar surface area (TPSA) is 85.8 Å². The molecule has 1 aromatic heterocycles. The van der Waals surface area contributed by atoms with E-state index in [4.69, 9.17) is 0 Å². The summed E-state index contributed by atoms with van der Waals surface area (Å²) in [4.78, 5) is 32.2. The van der Waals surface area contributed by atoms with Gasteiger partial charge in [-0.2, -0.15) is 0 Å². The van der Waals surface area contributed by atoms with Crippen LogP contribution in [0.25, 0.3) is 0 Å². The highest BCUT2D eigenvalue weighted by molar-refractivity contribution is 5.99. The summed E-state index contributed by atoms with van der Waals surface area (Å²) < 4.78 is 0. The van der Waals surface area contributed by atoms with Crippen molar-refractivity contribution < 1.29 is 14.7 Å². The molecule has 0 spiro atoms. The maximum atomic E-state index is 12.8. The van der Waals surface area contributed by atoms with E-state index in [0.29, 0.717) is 31.0 Å². The number of piperidine rings is 1. The van der Waals surface area contributed by atoms with E-state index in [9.17, 15) is 14.7 Å². The molecule has 1 amide bonds. The van der Waals surface area contributed by atoms with Gasteiger partial charge >= 0.3 is 5.97 Å². The molecule has 3 rings (SSSR count). The molecule has 3 heterocycles. The van der Waals surface area contributed by atoms with Gasteiger partial charge in [0.1, 0.15) is 11.9 Å². The Bertz CT molecular complexity index is 586. The average Bonchev–Trinajstić information content (AvgIpc) is 2.62. The van der Waals surface area contributed by atoms with Crippen LogP contribution in [0.2, 0.25) is 0 Å². The number of likely N-dealkylation sites (tertiary alicyclic amines) is 1. The van der Waals surface area contributed by atoms with Crippen molar-refractivity contribution in [2.24, 2.45) is 0 Å². The Morgan fingerprint density at radius 3 is 2.74 bits per heavy atom. The van der Waals surface area contributed by atoms with E-state index in [1.807, 2.05) is 9.80 Å². The van der Waals surface area contributed by atoms with E-state index in [2.05, 4.69) is 10.3 Å². The number of aromatic nitrogens is 1. The Hall–Kier alpha value is -2.15. The summed E-state index contributed by atoms with van der Waals surface area (Å²) in [6.07, 6.45) is 4.90. The number of hydrogen-bond acceptors (Lipinski definition) is 5. The second kappa shape index (κ2) is 6.95. The highest BCUT2D eigenvalue weighted by atomic mass is 16.4. The lowest BCUT2D eigenvalue weighted by Crippen LogP contribution is -2.54. The Balaban J connectivity index is 1.82. The molecule has 0 bridgehead atoms. The molecular formula is C16H22N4O3. The molecular weight excluding hydrogens is 296 g/mol. The van der Waals surface area contributed by atoms with Crippen LogP contribution in [-0.4, -0.2) is 65.6 Å². The van der Waals surface area contributed by atoms with Crippen molar-refractivity contribution in [3.8, 4) is 0 Å². The number of aliphatic carboxylic acids is 1. The lowest BCUT2D eigenvalue weighted by Gasteiger charge is -2.34. The predicted molar refractivity (Wildman–Crippen MR) is 85.6 cm³/mol. The van der Waals surface area contributed by atoms with E-state index in [-0.39, 0.29) is 5.91 Å². The van der Waals surface area contributed by atoms with Crippen LogP contribution in [0, 0.1) is 0 Å². The highest BCUT2D eigenvalue weighted by Gasteiger charge is 2.29. The largest absolute Gasteiger partial charge is 0.480 e. The Morgan fingerprint density at radius 1 is 1.22 bits per heavy atom. The lowest BCUT2D eigenvalue weighted by molar-refractivity contribution is -0.139. The molecule has 7 heteroatoms. The SMILES string of the molecule is O=C(O)C1CN(c2ncccc2C(=O)N2CCCCC2)CCN1. The van der Waals surface area contributed by atoms with Crippen LogP contribution in [-0.2, 0) is 4.79 Å². The number of carbonyl (C=O) groups is 2. The molecule has 0 aliphatic carbocycles. The molecule has 2 N–H and O–H groups in total. The van der Waals surface area contributed by atoms with E-state index >= 15 is 0 Å². The van der Waals surface area contributed by atoms with Crippen molar-refractivity contribution in [3.63, 3.8) is 0 Å². The van der Waals surface area contributed by atoms with E-state index < -0.39 is 12.0 Å². The van der Waals surface area contributed by atoms with Crippen molar-refractivity contribution in [1.29, 1.82) is 0 Å². The number of pyridine rings is 1. The van der Waals surface area contributed by atoms with Gasteiger partial charge in [-0.3, -0.25) is 9.59 Å². The van der Waals surface area contributed by atoms with Crippen molar-refractivity contribution in [3.05, 3.63) is 23.9 Å². The number of amides is 1. The van der Waals surface area contributed by atoms with Crippen LogP contribution in [0.4, 0.5) is 5.82 Å². The minimum absolute atomic E-state index is 0.00166. The van der Waals surface area contributed by atoms with Crippen molar-refractivity contribution >= 4 is 17.7 Å². The monoisotopic (exact) mass is 318 g/mol. The number of carbonyl (C=O) groups excluding carboxylic acids is 1. The minimum atomic E-state index is -0.880. The number of hydrogen-bond donors (Lipinski definition) is 2. The average molecular weight is 318 g/mol. The number of carboxylic acid groups (broad SMARTS) is 1. The molecule has 1 atom stereocenters. The summed E-state index contributed by atoms with van der Waals surface area (Å²) in [6.45, 7) is 3.08. The number of nitrogens with zero attached hydrogens (tertiary/aromatic N) is 3. The molecule has 0 aromatic carbocycles. The summed E-state index contributed by atoms with van der Waals surface area (Å²) in [6, 6.07) is 2.91. The van der Waals surface area contributed by atoms with Crippen molar-refractivity contribution in [2.75, 3.05) is 37.6 Å². The van der Waals surface area contributed by atoms with Crippen LogP contribution in [0.5, 0.6) is 0 Å². The van der Waals surface area contributed by atoms with Gasteiger partial charge in [-0.15, -0.1) is 0 Å². The van der Waals surface area contributed by atoms with Gasteiger partial charge in [-0.1, -0.05) is 0 Å². The molecule has 1 unspecified atom stereocenters. The zero-order valence-electron chi connectivity index (χ0n) is 13.1. The van der Waals surface area contributed by atoms with Crippen molar-refractivity contribution in [1.82, 2.24) is 15.2 Å². The van der Waals surface area contributed by atoms with E-state index in [1.165, 1.54) is 6.42 Å². The van der Waals surface area contributed by atoms with Crippen LogP contribution in [0.1, 0.15) is 29.6 Å². The fourth-order valence-corrected chi connectivity index (χ4v) is 3.19. The number of carboxylic acids is 1. The third-order valence-electron chi connectivity index (χ3n) is 4.43. The second-order valence-electron chi connectivity index (χ2n) is 6.02. The van der Waals surface area contributed by atoms with Gasteiger partial charge in [0.05, 0.1) is 5.56 Å². The summed E-state index contributed by atoms with van der Waals surface area (Å²) in [5, 5.41) is 12.2. The first-order chi connectivity index (χ1) is 11.2. The number of anilines is 1. The highest BCUT2D eigenvalue weighted by Crippen LogP contribution is 2.22. The van der Waals surface area contributed by atoms with Gasteiger partial charge in [-0.05, 0) is 31.4 Å². The first-order valence-electron chi connectivity index (χ1n) is 8.12. The molecule has 2 fully saturated rings. The third-order valence-corrected chi connectivity index (χ3v) is 4.43. The molecule has 0 radical (unpaired) electrons. The maximum absolute atomic E-state index is 12.8. The fraction of sp³-hybridized carbons (Fsp3) is 0.562. The summed E-state index contributed by atoms with van der Waals surface area (Å²) >= 11 is 0. The van der Waals surface area contributed by atoms with Gasteiger partial charge in [-0.25, -0.2) is 4.98 Å². The normalized spacial score (nSPS) is 22.0. The van der Waals surface area contributed by atoms with E-state index in [0.717, 1.165) is 25.9 Å². The second-order valence-corrected chi connectivity index (χ2v) is 6.02. The number of rotatable bonds is 3. The quantitative estimate of drug-likeness (QED) is 0.847. The predicted octanol–water partition coefficient (Wildman–Crippen LogP) is 0.570. The van der Waals surface area contributed by atoms with Crippen LogP contribution in [0.15, 0.2) is 18.3 Å². The molecule has 1 aromatic rings. The molecule has 23 heavy (non-hydrogen) atoms. The van der Waals surface area contributed by atoms with E-state index in [1.54, 1.807) is 18.3 Å². The molecule has 2 aliphatic heterocycles. The molecule has 0 saturated carbocycles. The molecule has 7 nitrogen and oxygen atoms in total. The third kappa shape index (κ3) is 3.44. The molecule has 2 saturated heterocycles. The Kier molecular flexibility index (Phi) is 4.76. The molecule has 124 valence electrons.